The van der Waals surface area contributed by atoms with E-state index < -0.39 is 5.91 Å². The van der Waals surface area contributed by atoms with Gasteiger partial charge >= 0.3 is 0 Å². The summed E-state index contributed by atoms with van der Waals surface area (Å²) in [6.07, 6.45) is 0. The molecule has 0 spiro atoms. The molecule has 0 unspecified atom stereocenters. The van der Waals surface area contributed by atoms with Gasteiger partial charge in [0.25, 0.3) is 5.91 Å². The van der Waals surface area contributed by atoms with Gasteiger partial charge in [0.15, 0.2) is 5.69 Å². The number of hydrogen-bond donors (Lipinski definition) is 3. The highest BCUT2D eigenvalue weighted by molar-refractivity contribution is 5.99. The number of nitrogens with one attached hydrogen (secondary N) is 2. The first-order valence-electron chi connectivity index (χ1n) is 5.30. The highest BCUT2D eigenvalue weighted by Crippen LogP contribution is 2.32. The van der Waals surface area contributed by atoms with Crippen molar-refractivity contribution in [2.24, 2.45) is 5.73 Å². The molecular formula is C11H11N5O. The third kappa shape index (κ3) is 1.50. The van der Waals surface area contributed by atoms with Gasteiger partial charge < -0.3 is 11.1 Å². The highest BCUT2D eigenvalue weighted by Gasteiger charge is 2.22. The van der Waals surface area contributed by atoms with Crippen molar-refractivity contribution in [3.8, 4) is 11.3 Å². The Balaban J connectivity index is 2.25. The lowest BCUT2D eigenvalue weighted by atomic mass is 10.1. The second-order valence-electron chi connectivity index (χ2n) is 3.88. The van der Waals surface area contributed by atoms with E-state index in [0.29, 0.717) is 17.9 Å². The largest absolute Gasteiger partial charge is 0.370 e. The van der Waals surface area contributed by atoms with Gasteiger partial charge in [-0.3, -0.25) is 10.1 Å². The van der Waals surface area contributed by atoms with Crippen LogP contribution in [0.1, 0.15) is 16.1 Å². The smallest absolute Gasteiger partial charge is 0.269 e. The Bertz CT molecular complexity index is 568. The van der Waals surface area contributed by atoms with Gasteiger partial charge in [-0.25, -0.2) is 0 Å². The fourth-order valence-corrected chi connectivity index (χ4v) is 2.03. The van der Waals surface area contributed by atoms with Crippen LogP contribution in [0.2, 0.25) is 0 Å². The second kappa shape index (κ2) is 3.67. The first-order valence-corrected chi connectivity index (χ1v) is 5.30. The molecule has 86 valence electrons. The number of carbonyl (C=O) groups excluding carboxylic acids is 1. The van der Waals surface area contributed by atoms with E-state index in [1.54, 1.807) is 0 Å². The molecule has 3 rings (SSSR count). The average molecular weight is 229 g/mol. The van der Waals surface area contributed by atoms with E-state index in [0.717, 1.165) is 17.8 Å². The number of nitrogens with two attached hydrogens (primary N) is 1. The molecule has 0 radical (unpaired) electrons. The molecule has 0 bridgehead atoms. The lowest BCUT2D eigenvalue weighted by Crippen LogP contribution is -2.27. The Hall–Kier alpha value is -2.21. The number of anilines is 1. The van der Waals surface area contributed by atoms with Crippen LogP contribution in [0.15, 0.2) is 18.2 Å². The predicted octanol–water partition coefficient (Wildman–Crippen LogP) is 0.153. The maximum atomic E-state index is 11.2. The van der Waals surface area contributed by atoms with E-state index in [2.05, 4.69) is 20.8 Å². The van der Waals surface area contributed by atoms with Gasteiger partial charge in [-0.05, 0) is 5.56 Å². The van der Waals surface area contributed by atoms with E-state index in [-0.39, 0.29) is 5.69 Å². The number of rotatable bonds is 1. The van der Waals surface area contributed by atoms with Crippen LogP contribution in [-0.4, -0.2) is 22.8 Å². The Labute approximate surface area is 97.6 Å². The lowest BCUT2D eigenvalue weighted by molar-refractivity contribution is 0.0996. The molecular weight excluding hydrogens is 218 g/mol. The summed E-state index contributed by atoms with van der Waals surface area (Å²) in [6, 6.07) is 5.68. The maximum absolute atomic E-state index is 11.2. The molecule has 2 heterocycles. The second-order valence-corrected chi connectivity index (χ2v) is 3.88. The number of amides is 1. The van der Waals surface area contributed by atoms with Crippen molar-refractivity contribution in [2.75, 3.05) is 12.0 Å². The molecule has 4 N–H and O–H groups in total. The van der Waals surface area contributed by atoms with E-state index in [4.69, 9.17) is 5.73 Å². The van der Waals surface area contributed by atoms with Crippen LogP contribution in [0.25, 0.3) is 11.3 Å². The fraction of sp³-hybridized carbons (Fsp3) is 0.182. The number of fused-ring (bicyclic) bond motifs is 3. The number of carbonyl (C=O) groups is 1. The minimum Gasteiger partial charge on any atom is -0.370 e. The first-order chi connectivity index (χ1) is 8.27. The van der Waals surface area contributed by atoms with Crippen LogP contribution in [0, 0.1) is 0 Å². The quantitative estimate of drug-likeness (QED) is 0.647. The molecule has 3 aliphatic rings. The zero-order chi connectivity index (χ0) is 11.8. The molecule has 0 fully saturated rings. The van der Waals surface area contributed by atoms with Crippen molar-refractivity contribution in [3.63, 3.8) is 0 Å². The van der Waals surface area contributed by atoms with Gasteiger partial charge in [0.2, 0.25) is 0 Å². The summed E-state index contributed by atoms with van der Waals surface area (Å²) in [4.78, 5) is 11.2. The van der Waals surface area contributed by atoms with E-state index in [9.17, 15) is 4.79 Å². The number of primary amides is 1. The van der Waals surface area contributed by atoms with Crippen LogP contribution in [0.4, 0.5) is 5.69 Å². The minimum atomic E-state index is -0.554. The topological polar surface area (TPSA) is 92.9 Å². The molecule has 1 aliphatic carbocycles. The zero-order valence-corrected chi connectivity index (χ0v) is 9.03. The van der Waals surface area contributed by atoms with Crippen molar-refractivity contribution in [3.05, 3.63) is 29.5 Å². The van der Waals surface area contributed by atoms with E-state index in [1.165, 1.54) is 0 Å². The number of hydrogen-bond acceptors (Lipinski definition) is 5. The van der Waals surface area contributed by atoms with Crippen molar-refractivity contribution < 1.29 is 4.79 Å². The average Bonchev–Trinajstić information content (AvgIpc) is 2.66. The van der Waals surface area contributed by atoms with Gasteiger partial charge in [-0.1, -0.05) is 18.2 Å². The molecule has 6 heteroatoms. The molecule has 0 saturated heterocycles. The molecule has 6 nitrogen and oxygen atoms in total. The fourth-order valence-electron chi connectivity index (χ4n) is 2.03. The Morgan fingerprint density at radius 1 is 1.35 bits per heavy atom. The third-order valence-electron chi connectivity index (χ3n) is 2.82. The summed E-state index contributed by atoms with van der Waals surface area (Å²) in [5.41, 5.74) is 8.89. The van der Waals surface area contributed by atoms with Crippen molar-refractivity contribution in [1.29, 1.82) is 0 Å². The standard InChI is InChI=1S/C11H11N5O/c12-11(17)10-7-3-1-2-6-4-13-5-14-8(6)9(7)15-16-10/h1-3,13-14H,4-5H2,(H2,12,17). The normalized spacial score (nSPS) is 14.1. The Kier molecular flexibility index (Phi) is 2.15. The molecule has 17 heavy (non-hydrogen) atoms. The van der Waals surface area contributed by atoms with E-state index in [1.807, 2.05) is 18.2 Å². The monoisotopic (exact) mass is 229 g/mol. The Morgan fingerprint density at radius 2 is 2.24 bits per heavy atom. The molecule has 0 aromatic rings. The van der Waals surface area contributed by atoms with Crippen LogP contribution < -0.4 is 16.4 Å². The van der Waals surface area contributed by atoms with Gasteiger partial charge in [0.1, 0.15) is 5.69 Å². The lowest BCUT2D eigenvalue weighted by Gasteiger charge is -2.18. The van der Waals surface area contributed by atoms with Gasteiger partial charge in [-0.2, -0.15) is 0 Å². The summed E-state index contributed by atoms with van der Waals surface area (Å²) in [5, 5.41) is 14.3. The zero-order valence-electron chi connectivity index (χ0n) is 9.03. The summed E-state index contributed by atoms with van der Waals surface area (Å²) in [6.45, 7) is 1.44. The molecule has 2 aliphatic heterocycles. The SMILES string of the molecule is NC(=O)c1nnc2c3c(cccc1-2)CNCN3. The highest BCUT2D eigenvalue weighted by atomic mass is 16.1. The molecule has 0 atom stereocenters. The number of aromatic nitrogens is 2. The van der Waals surface area contributed by atoms with E-state index >= 15 is 0 Å². The van der Waals surface area contributed by atoms with Crippen LogP contribution >= 0.6 is 0 Å². The van der Waals surface area contributed by atoms with Crippen molar-refractivity contribution in [2.45, 2.75) is 6.54 Å². The third-order valence-corrected chi connectivity index (χ3v) is 2.82. The summed E-state index contributed by atoms with van der Waals surface area (Å²) in [7, 11) is 0. The van der Waals surface area contributed by atoms with Crippen LogP contribution in [-0.2, 0) is 6.54 Å². The predicted molar refractivity (Wildman–Crippen MR) is 62.5 cm³/mol. The first kappa shape index (κ1) is 9.98. The van der Waals surface area contributed by atoms with Gasteiger partial charge in [0.05, 0.1) is 12.4 Å². The summed E-state index contributed by atoms with van der Waals surface area (Å²) < 4.78 is 0. The summed E-state index contributed by atoms with van der Waals surface area (Å²) >= 11 is 0. The van der Waals surface area contributed by atoms with Crippen molar-refractivity contribution in [1.82, 2.24) is 15.5 Å². The Morgan fingerprint density at radius 3 is 3.06 bits per heavy atom. The minimum absolute atomic E-state index is 0.221. The van der Waals surface area contributed by atoms with Gasteiger partial charge in [0, 0.05) is 12.1 Å². The molecule has 0 saturated carbocycles. The van der Waals surface area contributed by atoms with Gasteiger partial charge in [-0.15, -0.1) is 10.2 Å². The van der Waals surface area contributed by atoms with Crippen molar-refractivity contribution >= 4 is 11.6 Å². The van der Waals surface area contributed by atoms with Crippen LogP contribution in [0.5, 0.6) is 0 Å². The molecule has 0 aromatic carbocycles. The number of nitrogens with zero attached hydrogens (tertiary/aromatic N) is 2. The molecule has 0 aromatic heterocycles. The molecule has 1 amide bonds. The van der Waals surface area contributed by atoms with Crippen LogP contribution in [0.3, 0.4) is 0 Å². The maximum Gasteiger partial charge on any atom is 0.269 e. The summed E-state index contributed by atoms with van der Waals surface area (Å²) in [5.74, 6) is -0.554.